The van der Waals surface area contributed by atoms with E-state index in [4.69, 9.17) is 26.6 Å². The highest BCUT2D eigenvalue weighted by Gasteiger charge is 2.42. The van der Waals surface area contributed by atoms with Crippen LogP contribution in [-0.2, 0) is 19.9 Å². The van der Waals surface area contributed by atoms with Gasteiger partial charge in [0.2, 0.25) is 15.3 Å². The van der Waals surface area contributed by atoms with Crippen LogP contribution in [0.15, 0.2) is 67.9 Å². The smallest absolute Gasteiger partial charge is 0.425 e. The first-order valence-corrected chi connectivity index (χ1v) is 13.0. The lowest BCUT2D eigenvalue weighted by Crippen LogP contribution is -2.67. The molecule has 0 radical (unpaired) electrons. The van der Waals surface area contributed by atoms with Crippen LogP contribution in [0.2, 0.25) is 5.02 Å². The number of sulfone groups is 1. The zero-order chi connectivity index (χ0) is 23.8. The van der Waals surface area contributed by atoms with Gasteiger partial charge in [-0.3, -0.25) is 4.52 Å². The molecule has 0 aliphatic carbocycles. The number of ether oxygens (including phenoxy) is 1. The van der Waals surface area contributed by atoms with Crippen molar-refractivity contribution in [2.75, 3.05) is 44.0 Å². The number of nitrogens with two attached hydrogens (primary N) is 1. The number of hydrogen-bond acceptors (Lipinski definition) is 9. The molecule has 2 heterocycles. The maximum atomic E-state index is 13.2. The normalized spacial score (nSPS) is 15.5. The number of halogens is 1. The second-order valence-corrected chi connectivity index (χ2v) is 11.4. The van der Waals surface area contributed by atoms with Crippen molar-refractivity contribution in [1.29, 1.82) is 0 Å². The van der Waals surface area contributed by atoms with E-state index in [0.717, 1.165) is 4.79 Å². The fourth-order valence-corrected chi connectivity index (χ4v) is 6.34. The lowest BCUT2D eigenvalue weighted by molar-refractivity contribution is -0.790. The summed E-state index contributed by atoms with van der Waals surface area (Å²) in [5, 5.41) is 5.44. The van der Waals surface area contributed by atoms with E-state index in [9.17, 15) is 16.8 Å². The van der Waals surface area contributed by atoms with Gasteiger partial charge in [-0.1, -0.05) is 11.6 Å². The lowest BCUT2D eigenvalue weighted by atomic mass is 10.3. The number of aromatic nitrogens is 2. The molecule has 2 N–H and O–H groups in total. The Bertz CT molecular complexity index is 1350. The number of anilines is 1. The summed E-state index contributed by atoms with van der Waals surface area (Å²) in [5.74, 6) is 0.125. The Hall–Kier alpha value is -2.87. The largest absolute Gasteiger partial charge is 0.497 e. The third-order valence-corrected chi connectivity index (χ3v) is 9.10. The van der Waals surface area contributed by atoms with Crippen molar-refractivity contribution in [1.82, 2.24) is 9.58 Å². The zero-order valence-corrected chi connectivity index (χ0v) is 19.8. The molecule has 4 rings (SSSR count). The van der Waals surface area contributed by atoms with Crippen LogP contribution in [0.4, 0.5) is 5.88 Å². The van der Waals surface area contributed by atoms with E-state index in [2.05, 4.69) is 5.27 Å². The first kappa shape index (κ1) is 23.3. The average Bonchev–Trinajstić information content (AvgIpc) is 3.21. The maximum absolute atomic E-state index is 13.2. The van der Waals surface area contributed by atoms with Gasteiger partial charge in [0.05, 0.1) is 34.8 Å². The van der Waals surface area contributed by atoms with E-state index in [1.807, 2.05) is 0 Å². The SMILES string of the molecule is COc1ccc(S(=O)(=O)c2c(N)on[n+]2N2CCN(S(=O)(=O)c3ccc(Cl)cc3)CC2)cc1. The molecule has 2 aromatic carbocycles. The molecule has 0 bridgehead atoms. The quantitative estimate of drug-likeness (QED) is 0.470. The van der Waals surface area contributed by atoms with E-state index >= 15 is 0 Å². The number of rotatable bonds is 6. The van der Waals surface area contributed by atoms with Crippen molar-refractivity contribution in [3.8, 4) is 5.75 Å². The highest BCUT2D eigenvalue weighted by atomic mass is 35.5. The van der Waals surface area contributed by atoms with Crippen molar-refractivity contribution >= 4 is 37.3 Å². The minimum atomic E-state index is -4.08. The summed E-state index contributed by atoms with van der Waals surface area (Å²) in [7, 11) is -6.33. The monoisotopic (exact) mass is 514 g/mol. The van der Waals surface area contributed by atoms with Crippen LogP contribution in [-0.4, -0.2) is 59.7 Å². The fraction of sp³-hybridized carbons (Fsp3) is 0.263. The molecule has 11 nitrogen and oxygen atoms in total. The van der Waals surface area contributed by atoms with Gasteiger partial charge in [-0.05, 0) is 48.5 Å². The van der Waals surface area contributed by atoms with Crippen LogP contribution in [0.3, 0.4) is 0 Å². The topological polar surface area (TPSA) is 140 Å². The predicted octanol–water partition coefficient (Wildman–Crippen LogP) is 0.682. The second-order valence-electron chi connectivity index (χ2n) is 7.12. The van der Waals surface area contributed by atoms with Crippen LogP contribution in [0.25, 0.3) is 0 Å². The van der Waals surface area contributed by atoms with Gasteiger partial charge in [0.1, 0.15) is 5.75 Å². The van der Waals surface area contributed by atoms with Crippen LogP contribution >= 0.6 is 11.6 Å². The predicted molar refractivity (Wildman–Crippen MR) is 118 cm³/mol. The van der Waals surface area contributed by atoms with E-state index < -0.39 is 19.9 Å². The Balaban J connectivity index is 1.57. The van der Waals surface area contributed by atoms with Gasteiger partial charge in [0, 0.05) is 18.1 Å². The summed E-state index contributed by atoms with van der Waals surface area (Å²) >= 11 is 5.85. The Morgan fingerprint density at radius 3 is 2.12 bits per heavy atom. The first-order valence-electron chi connectivity index (χ1n) is 9.72. The van der Waals surface area contributed by atoms with Gasteiger partial charge >= 0.3 is 10.9 Å². The highest BCUT2D eigenvalue weighted by Crippen LogP contribution is 2.25. The van der Waals surface area contributed by atoms with Gasteiger partial charge < -0.3 is 10.5 Å². The number of benzene rings is 2. The van der Waals surface area contributed by atoms with Crippen LogP contribution in [0.5, 0.6) is 5.75 Å². The van der Waals surface area contributed by atoms with Crippen molar-refractivity contribution in [3.63, 3.8) is 0 Å². The van der Waals surface area contributed by atoms with Crippen LogP contribution < -0.4 is 20.3 Å². The molecule has 0 unspecified atom stereocenters. The molecule has 1 aliphatic heterocycles. The molecule has 33 heavy (non-hydrogen) atoms. The molecule has 0 amide bonds. The highest BCUT2D eigenvalue weighted by molar-refractivity contribution is 7.91. The van der Waals surface area contributed by atoms with Crippen LogP contribution in [0.1, 0.15) is 0 Å². The van der Waals surface area contributed by atoms with E-state index in [1.54, 1.807) is 5.01 Å². The Kier molecular flexibility index (Phi) is 6.22. The second kappa shape index (κ2) is 8.82. The third-order valence-electron chi connectivity index (χ3n) is 5.17. The number of nitrogens with zero attached hydrogens (tertiary/aromatic N) is 4. The molecule has 3 aromatic rings. The summed E-state index contributed by atoms with van der Waals surface area (Å²) < 4.78 is 63.6. The fourth-order valence-electron chi connectivity index (χ4n) is 3.41. The molecule has 176 valence electrons. The summed E-state index contributed by atoms with van der Waals surface area (Å²) in [6, 6.07) is 11.7. The molecule has 1 fully saturated rings. The number of nitrogen functional groups attached to an aromatic ring is 1. The zero-order valence-electron chi connectivity index (χ0n) is 17.5. The van der Waals surface area contributed by atoms with Gasteiger partial charge in [-0.15, -0.1) is 5.01 Å². The lowest BCUT2D eigenvalue weighted by Gasteiger charge is -2.29. The van der Waals surface area contributed by atoms with Gasteiger partial charge in [-0.25, -0.2) is 16.8 Å². The van der Waals surface area contributed by atoms with E-state index in [-0.39, 0.29) is 46.9 Å². The minimum Gasteiger partial charge on any atom is -0.497 e. The Morgan fingerprint density at radius 1 is 0.970 bits per heavy atom. The molecule has 0 atom stereocenters. The third kappa shape index (κ3) is 4.36. The van der Waals surface area contributed by atoms with Crippen LogP contribution in [0, 0.1) is 0 Å². The van der Waals surface area contributed by atoms with E-state index in [0.29, 0.717) is 10.8 Å². The van der Waals surface area contributed by atoms with Crippen molar-refractivity contribution in [2.24, 2.45) is 0 Å². The molecule has 1 aromatic heterocycles. The number of sulfonamides is 1. The molecular weight excluding hydrogens is 494 g/mol. The molecule has 1 aliphatic rings. The average molecular weight is 515 g/mol. The first-order chi connectivity index (χ1) is 15.6. The number of methoxy groups -OCH3 is 1. The molecule has 0 spiro atoms. The van der Waals surface area contributed by atoms with Crippen molar-refractivity contribution in [3.05, 3.63) is 53.6 Å². The maximum Gasteiger partial charge on any atom is 0.425 e. The summed E-state index contributed by atoms with van der Waals surface area (Å²) in [5.41, 5.74) is 5.81. The Labute approximate surface area is 195 Å². The summed E-state index contributed by atoms with van der Waals surface area (Å²) in [6.45, 7) is 0.530. The van der Waals surface area contributed by atoms with Crippen molar-refractivity contribution < 1.29 is 30.9 Å². The molecule has 1 saturated heterocycles. The summed E-state index contributed by atoms with van der Waals surface area (Å²) in [6.07, 6.45) is 0. The number of piperazine rings is 1. The molecular formula is C19H21ClN5O6S2+. The van der Waals surface area contributed by atoms with Gasteiger partial charge in [0.25, 0.3) is 9.84 Å². The van der Waals surface area contributed by atoms with Gasteiger partial charge in [0.15, 0.2) is 0 Å². The van der Waals surface area contributed by atoms with Crippen molar-refractivity contribution in [2.45, 2.75) is 14.8 Å². The molecule has 0 saturated carbocycles. The Morgan fingerprint density at radius 2 is 1.55 bits per heavy atom. The minimum absolute atomic E-state index is 0.0177. The molecule has 14 heteroatoms. The van der Waals surface area contributed by atoms with E-state index in [1.165, 1.54) is 59.9 Å². The standard InChI is InChI=1S/C19H21ClN5O6S2/c1-30-15-4-8-16(9-5-15)32(26,27)19-18(21)31-22-25(19)23-10-12-24(13-11-23)33(28,29)17-6-2-14(20)3-7-17/h2-9H,10-13,21H2,1H3/q+1. The summed E-state index contributed by atoms with van der Waals surface area (Å²) in [4.78, 5) is 1.18. The number of hydrogen-bond donors (Lipinski definition) is 1. The van der Waals surface area contributed by atoms with Gasteiger partial charge in [-0.2, -0.15) is 4.31 Å².